The van der Waals surface area contributed by atoms with Gasteiger partial charge in [-0.3, -0.25) is 9.59 Å². The van der Waals surface area contributed by atoms with Gasteiger partial charge in [0, 0.05) is 24.7 Å². The van der Waals surface area contributed by atoms with Crippen molar-refractivity contribution in [1.29, 1.82) is 0 Å². The number of hydrogen-bond acceptors (Lipinski definition) is 3. The topological polar surface area (TPSA) is 69.6 Å². The Hall–Kier alpha value is -1.88. The Balaban J connectivity index is 2.83. The lowest BCUT2D eigenvalue weighted by Crippen LogP contribution is -2.38. The third kappa shape index (κ3) is 5.95. The van der Waals surface area contributed by atoms with Crippen molar-refractivity contribution in [3.8, 4) is 0 Å². The first-order chi connectivity index (χ1) is 9.93. The Morgan fingerprint density at radius 1 is 1.29 bits per heavy atom. The molecule has 0 saturated heterocycles. The maximum atomic E-state index is 12.4. The van der Waals surface area contributed by atoms with Gasteiger partial charge in [0.1, 0.15) is 0 Å². The molecule has 1 atom stereocenters. The van der Waals surface area contributed by atoms with E-state index < -0.39 is 5.97 Å². The average molecular weight is 292 g/mol. The standard InChI is InChI=1S/C16H24N2O3/c1-4-17-13(3)11-15(19)18(10-9-16(20)21)14-7-5-12(2)6-8-14/h5-8,13,17H,4,9-11H2,1-3H3,(H,20,21). The summed E-state index contributed by atoms with van der Waals surface area (Å²) in [5.74, 6) is -0.965. The summed E-state index contributed by atoms with van der Waals surface area (Å²) in [7, 11) is 0. The molecule has 2 N–H and O–H groups in total. The predicted octanol–water partition coefficient (Wildman–Crippen LogP) is 2.19. The van der Waals surface area contributed by atoms with E-state index in [1.165, 1.54) is 0 Å². The largest absolute Gasteiger partial charge is 0.481 e. The van der Waals surface area contributed by atoms with Gasteiger partial charge in [-0.15, -0.1) is 0 Å². The minimum absolute atomic E-state index is 0.0603. The Kier molecular flexibility index (Phi) is 6.88. The lowest BCUT2D eigenvalue weighted by atomic mass is 10.1. The normalized spacial score (nSPS) is 12.0. The van der Waals surface area contributed by atoms with Crippen molar-refractivity contribution in [2.45, 2.75) is 39.7 Å². The van der Waals surface area contributed by atoms with Crippen LogP contribution in [0.15, 0.2) is 24.3 Å². The van der Waals surface area contributed by atoms with E-state index in [1.807, 2.05) is 45.0 Å². The van der Waals surface area contributed by atoms with Crippen molar-refractivity contribution in [3.63, 3.8) is 0 Å². The smallest absolute Gasteiger partial charge is 0.305 e. The van der Waals surface area contributed by atoms with Gasteiger partial charge in [0.2, 0.25) is 5.91 Å². The van der Waals surface area contributed by atoms with Crippen molar-refractivity contribution in [3.05, 3.63) is 29.8 Å². The molecule has 0 bridgehead atoms. The molecule has 0 spiro atoms. The maximum Gasteiger partial charge on any atom is 0.305 e. The lowest BCUT2D eigenvalue weighted by molar-refractivity contribution is -0.136. The average Bonchev–Trinajstić information content (AvgIpc) is 2.40. The minimum atomic E-state index is -0.903. The van der Waals surface area contributed by atoms with Crippen LogP contribution < -0.4 is 10.2 Å². The molecule has 0 aliphatic carbocycles. The summed E-state index contributed by atoms with van der Waals surface area (Å²) in [4.78, 5) is 24.8. The van der Waals surface area contributed by atoms with Gasteiger partial charge in [0.15, 0.2) is 0 Å². The summed E-state index contributed by atoms with van der Waals surface area (Å²) >= 11 is 0. The van der Waals surface area contributed by atoms with E-state index in [-0.39, 0.29) is 24.9 Å². The second kappa shape index (κ2) is 8.42. The van der Waals surface area contributed by atoms with Gasteiger partial charge in [-0.25, -0.2) is 0 Å². The van der Waals surface area contributed by atoms with Crippen molar-refractivity contribution in [2.24, 2.45) is 0 Å². The Bertz CT molecular complexity index is 471. The number of aryl methyl sites for hydroxylation is 1. The lowest BCUT2D eigenvalue weighted by Gasteiger charge is -2.24. The third-order valence-electron chi connectivity index (χ3n) is 3.23. The molecule has 5 heteroatoms. The van der Waals surface area contributed by atoms with Crippen LogP contribution in [0.3, 0.4) is 0 Å². The van der Waals surface area contributed by atoms with Crippen molar-refractivity contribution in [1.82, 2.24) is 5.32 Å². The summed E-state index contributed by atoms with van der Waals surface area (Å²) in [5, 5.41) is 12.0. The Labute approximate surface area is 126 Å². The Morgan fingerprint density at radius 2 is 1.90 bits per heavy atom. The molecule has 0 aromatic heterocycles. The van der Waals surface area contributed by atoms with E-state index in [0.717, 1.165) is 17.8 Å². The highest BCUT2D eigenvalue weighted by atomic mass is 16.4. The fourth-order valence-electron chi connectivity index (χ4n) is 2.12. The summed E-state index contributed by atoms with van der Waals surface area (Å²) in [6, 6.07) is 7.62. The summed E-state index contributed by atoms with van der Waals surface area (Å²) in [6.07, 6.45) is 0.288. The summed E-state index contributed by atoms with van der Waals surface area (Å²) in [5.41, 5.74) is 1.85. The van der Waals surface area contributed by atoms with E-state index in [9.17, 15) is 9.59 Å². The van der Waals surface area contributed by atoms with Gasteiger partial charge in [0.05, 0.1) is 6.42 Å². The van der Waals surface area contributed by atoms with E-state index in [2.05, 4.69) is 5.32 Å². The summed E-state index contributed by atoms with van der Waals surface area (Å²) in [6.45, 7) is 6.90. The van der Waals surface area contributed by atoms with Crippen molar-refractivity contribution in [2.75, 3.05) is 18.0 Å². The number of rotatable bonds is 8. The molecule has 0 radical (unpaired) electrons. The first-order valence-corrected chi connectivity index (χ1v) is 7.26. The minimum Gasteiger partial charge on any atom is -0.481 e. The van der Waals surface area contributed by atoms with Crippen LogP contribution in [0.4, 0.5) is 5.69 Å². The first kappa shape index (κ1) is 17.2. The van der Waals surface area contributed by atoms with Gasteiger partial charge in [-0.1, -0.05) is 24.6 Å². The molecule has 1 aromatic carbocycles. The highest BCUT2D eigenvalue weighted by molar-refractivity contribution is 5.94. The maximum absolute atomic E-state index is 12.4. The van der Waals surface area contributed by atoms with Crippen LogP contribution >= 0.6 is 0 Å². The number of carbonyl (C=O) groups is 2. The number of hydrogen-bond donors (Lipinski definition) is 2. The van der Waals surface area contributed by atoms with Crippen LogP contribution in [0, 0.1) is 6.92 Å². The molecule has 0 aliphatic heterocycles. The van der Waals surface area contributed by atoms with Crippen LogP contribution in [0.2, 0.25) is 0 Å². The molecule has 1 amide bonds. The van der Waals surface area contributed by atoms with Crippen LogP contribution in [0.25, 0.3) is 0 Å². The van der Waals surface area contributed by atoms with Gasteiger partial charge in [-0.2, -0.15) is 0 Å². The number of nitrogens with one attached hydrogen (secondary N) is 1. The number of aliphatic carboxylic acids is 1. The van der Waals surface area contributed by atoms with Crippen molar-refractivity contribution >= 4 is 17.6 Å². The van der Waals surface area contributed by atoms with Crippen LogP contribution in [0.5, 0.6) is 0 Å². The molecule has 0 fully saturated rings. The highest BCUT2D eigenvalue weighted by Gasteiger charge is 2.18. The van der Waals surface area contributed by atoms with Gasteiger partial charge < -0.3 is 15.3 Å². The molecule has 1 rings (SSSR count). The van der Waals surface area contributed by atoms with Gasteiger partial charge in [-0.05, 0) is 32.5 Å². The first-order valence-electron chi connectivity index (χ1n) is 7.26. The molecule has 116 valence electrons. The van der Waals surface area contributed by atoms with E-state index in [1.54, 1.807) is 4.90 Å². The molecule has 5 nitrogen and oxygen atoms in total. The quantitative estimate of drug-likeness (QED) is 0.770. The zero-order chi connectivity index (χ0) is 15.8. The SMILES string of the molecule is CCNC(C)CC(=O)N(CCC(=O)O)c1ccc(C)cc1. The number of nitrogens with zero attached hydrogens (tertiary/aromatic N) is 1. The zero-order valence-electron chi connectivity index (χ0n) is 12.9. The molecule has 1 unspecified atom stereocenters. The van der Waals surface area contributed by atoms with E-state index in [0.29, 0.717) is 6.42 Å². The molecule has 0 saturated carbocycles. The molecular formula is C16H24N2O3. The van der Waals surface area contributed by atoms with Gasteiger partial charge >= 0.3 is 5.97 Å². The number of carboxylic acids is 1. The monoisotopic (exact) mass is 292 g/mol. The highest BCUT2D eigenvalue weighted by Crippen LogP contribution is 2.17. The van der Waals surface area contributed by atoms with Crippen molar-refractivity contribution < 1.29 is 14.7 Å². The van der Waals surface area contributed by atoms with Gasteiger partial charge in [0.25, 0.3) is 0 Å². The number of anilines is 1. The Morgan fingerprint density at radius 3 is 2.43 bits per heavy atom. The number of carbonyl (C=O) groups excluding carboxylic acids is 1. The van der Waals surface area contributed by atoms with E-state index in [4.69, 9.17) is 5.11 Å². The van der Waals surface area contributed by atoms with Crippen LogP contribution in [-0.2, 0) is 9.59 Å². The molecule has 1 aromatic rings. The van der Waals surface area contributed by atoms with Crippen LogP contribution in [0.1, 0.15) is 32.3 Å². The van der Waals surface area contributed by atoms with Crippen LogP contribution in [-0.4, -0.2) is 36.1 Å². The number of carboxylic acid groups (broad SMARTS) is 1. The number of benzene rings is 1. The van der Waals surface area contributed by atoms with E-state index >= 15 is 0 Å². The predicted molar refractivity (Wildman–Crippen MR) is 83.5 cm³/mol. The molecule has 0 aliphatic rings. The second-order valence-electron chi connectivity index (χ2n) is 5.19. The molecule has 0 heterocycles. The third-order valence-corrected chi connectivity index (χ3v) is 3.23. The second-order valence-corrected chi connectivity index (χ2v) is 5.19. The summed E-state index contributed by atoms with van der Waals surface area (Å²) < 4.78 is 0. The fourth-order valence-corrected chi connectivity index (χ4v) is 2.12. The molecule has 21 heavy (non-hydrogen) atoms. The zero-order valence-corrected chi connectivity index (χ0v) is 12.9. The number of amides is 1. The molecular weight excluding hydrogens is 268 g/mol. The fraction of sp³-hybridized carbons (Fsp3) is 0.500.